The van der Waals surface area contributed by atoms with E-state index in [1.54, 1.807) is 35.3 Å². The smallest absolute Gasteiger partial charge is 0.286 e. The highest BCUT2D eigenvalue weighted by Gasteiger charge is 2.31. The van der Waals surface area contributed by atoms with E-state index in [9.17, 15) is 14.0 Å². The highest BCUT2D eigenvalue weighted by Crippen LogP contribution is 2.37. The minimum absolute atomic E-state index is 0.204. The Balaban J connectivity index is 1.14. The third kappa shape index (κ3) is 4.73. The van der Waals surface area contributed by atoms with Crippen molar-refractivity contribution in [2.75, 3.05) is 17.2 Å². The Morgan fingerprint density at radius 3 is 2.70 bits per heavy atom. The largest absolute Gasteiger partial charge is 0.383 e. The van der Waals surface area contributed by atoms with Gasteiger partial charge in [0.25, 0.3) is 11.8 Å². The van der Waals surface area contributed by atoms with E-state index in [-0.39, 0.29) is 11.9 Å². The van der Waals surface area contributed by atoms with Gasteiger partial charge in [-0.1, -0.05) is 18.7 Å². The highest BCUT2D eigenvalue weighted by atomic mass is 19.1. The molecule has 232 valence electrons. The molecule has 1 aliphatic heterocycles. The number of carbonyl (C=O) groups excluding carboxylic acids is 2. The van der Waals surface area contributed by atoms with Gasteiger partial charge in [-0.2, -0.15) is 5.10 Å². The molecule has 0 bridgehead atoms. The average Bonchev–Trinajstić information content (AvgIpc) is 3.89. The quantitative estimate of drug-likeness (QED) is 0.248. The molecule has 4 aromatic heterocycles. The van der Waals surface area contributed by atoms with Gasteiger partial charge in [0.2, 0.25) is 0 Å². The lowest BCUT2D eigenvalue weighted by Gasteiger charge is -2.18. The van der Waals surface area contributed by atoms with Crippen molar-refractivity contribution in [2.45, 2.75) is 25.3 Å². The summed E-state index contributed by atoms with van der Waals surface area (Å²) in [5.41, 5.74) is 13.1. The molecule has 6 aromatic rings. The molecule has 0 saturated carbocycles. The fraction of sp³-hybridized carbons (Fsp3) is 0.143. The second-order valence-corrected chi connectivity index (χ2v) is 11.5. The van der Waals surface area contributed by atoms with Crippen LogP contribution in [0.5, 0.6) is 0 Å². The second kappa shape index (κ2) is 11.0. The molecule has 11 nitrogen and oxygen atoms in total. The van der Waals surface area contributed by atoms with E-state index in [1.165, 1.54) is 4.90 Å². The second-order valence-electron chi connectivity index (χ2n) is 11.5. The van der Waals surface area contributed by atoms with Crippen molar-refractivity contribution in [3.8, 4) is 22.9 Å². The van der Waals surface area contributed by atoms with Crippen LogP contribution in [0.25, 0.3) is 34.1 Å². The predicted molar refractivity (Wildman–Crippen MR) is 175 cm³/mol. The first-order valence-electron chi connectivity index (χ1n) is 15.2. The van der Waals surface area contributed by atoms with E-state index in [0.29, 0.717) is 58.4 Å². The number of hydrogen-bond donors (Lipinski definition) is 2. The molecular weight excluding hydrogens is 597 g/mol. The van der Waals surface area contributed by atoms with Gasteiger partial charge in [0, 0.05) is 42.1 Å². The summed E-state index contributed by atoms with van der Waals surface area (Å²) in [4.78, 5) is 41.4. The number of pyridine rings is 2. The summed E-state index contributed by atoms with van der Waals surface area (Å²) < 4.78 is 17.3. The minimum atomic E-state index is -1.02. The van der Waals surface area contributed by atoms with Gasteiger partial charge in [-0.15, -0.1) is 0 Å². The fourth-order valence-corrected chi connectivity index (χ4v) is 6.64. The Hall–Kier alpha value is -6.17. The van der Waals surface area contributed by atoms with Crippen LogP contribution in [0.15, 0.2) is 97.7 Å². The van der Waals surface area contributed by atoms with Crippen LogP contribution in [0.3, 0.4) is 0 Å². The average molecular weight is 626 g/mol. The topological polar surface area (TPSA) is 137 Å². The van der Waals surface area contributed by atoms with Crippen molar-refractivity contribution in [1.82, 2.24) is 34.6 Å². The van der Waals surface area contributed by atoms with Gasteiger partial charge in [-0.05, 0) is 90.6 Å². The summed E-state index contributed by atoms with van der Waals surface area (Å²) in [5.74, 6) is -0.427. The van der Waals surface area contributed by atoms with Gasteiger partial charge in [-0.3, -0.25) is 14.2 Å². The molecule has 0 radical (unpaired) electrons. The highest BCUT2D eigenvalue weighted by molar-refractivity contribution is 6.07. The van der Waals surface area contributed by atoms with E-state index >= 15 is 0 Å². The maximum atomic E-state index is 13.6. The molecule has 1 atom stereocenters. The summed E-state index contributed by atoms with van der Waals surface area (Å²) in [6.45, 7) is 3.43. The normalized spacial score (nSPS) is 15.1. The van der Waals surface area contributed by atoms with Crippen LogP contribution >= 0.6 is 0 Å². The molecular formula is C35H28FN9O2. The number of nitrogens with one attached hydrogen (secondary N) is 1. The molecule has 0 fully saturated rings. The van der Waals surface area contributed by atoms with Crippen molar-refractivity contribution in [3.63, 3.8) is 0 Å². The number of nitrogens with two attached hydrogens (primary N) is 1. The Kier molecular flexibility index (Phi) is 6.64. The zero-order valence-electron chi connectivity index (χ0n) is 25.1. The zero-order valence-corrected chi connectivity index (χ0v) is 25.1. The van der Waals surface area contributed by atoms with E-state index in [1.807, 2.05) is 53.2 Å². The predicted octanol–water partition coefficient (Wildman–Crippen LogP) is 5.04. The first-order chi connectivity index (χ1) is 22.9. The van der Waals surface area contributed by atoms with Crippen molar-refractivity contribution >= 4 is 34.5 Å². The number of nitrogens with zero attached hydrogens (tertiary/aromatic N) is 7. The number of amides is 2. The molecule has 12 heteroatoms. The van der Waals surface area contributed by atoms with Gasteiger partial charge in [0.1, 0.15) is 11.3 Å². The summed E-state index contributed by atoms with van der Waals surface area (Å²) >= 11 is 0. The Bertz CT molecular complexity index is 2240. The lowest BCUT2D eigenvalue weighted by molar-refractivity contribution is -0.116. The molecule has 47 heavy (non-hydrogen) atoms. The number of aryl methyl sites for hydroxylation is 1. The van der Waals surface area contributed by atoms with Gasteiger partial charge in [0.15, 0.2) is 23.1 Å². The standard InChI is InChI=1S/C35H28FN9O2/c1-20(36)35(47)43-18-14-24-25(5-2-7-29(24)43)34(46)41-27-11-8-21-19-22(9-10-23(21)27)45-32(26-6-3-15-38-31(26)37)40-28-12-13-30(42-33(28)45)44-17-4-16-39-44/h2-7,9-10,12-13,15-17,19,27H,1,8,11,14,18H2,(H2,37,38)(H,41,46)/t27-/m0/s1. The number of carbonyl (C=O) groups is 2. The lowest BCUT2D eigenvalue weighted by Crippen LogP contribution is -2.29. The summed E-state index contributed by atoms with van der Waals surface area (Å²) in [5, 5.41) is 7.54. The number of nitrogen functional groups attached to an aromatic ring is 1. The van der Waals surface area contributed by atoms with Crippen molar-refractivity contribution in [2.24, 2.45) is 0 Å². The minimum Gasteiger partial charge on any atom is -0.383 e. The van der Waals surface area contributed by atoms with Crippen LogP contribution in [0.4, 0.5) is 15.9 Å². The molecule has 0 saturated heterocycles. The third-order valence-electron chi connectivity index (χ3n) is 8.83. The molecule has 3 N–H and O–H groups in total. The first-order valence-corrected chi connectivity index (χ1v) is 15.2. The number of halogens is 1. The number of hydrogen-bond acceptors (Lipinski definition) is 7. The Labute approximate surface area is 268 Å². The van der Waals surface area contributed by atoms with Crippen LogP contribution in [0.1, 0.15) is 39.5 Å². The molecule has 2 aliphatic rings. The van der Waals surface area contributed by atoms with Crippen molar-refractivity contribution in [3.05, 3.63) is 120 Å². The summed E-state index contributed by atoms with van der Waals surface area (Å²) in [6.07, 6.45) is 7.11. The van der Waals surface area contributed by atoms with Gasteiger partial charge in [0.05, 0.1) is 11.6 Å². The monoisotopic (exact) mass is 625 g/mol. The van der Waals surface area contributed by atoms with Crippen LogP contribution < -0.4 is 16.0 Å². The third-order valence-corrected chi connectivity index (χ3v) is 8.83. The van der Waals surface area contributed by atoms with E-state index in [4.69, 9.17) is 15.7 Å². The van der Waals surface area contributed by atoms with Crippen molar-refractivity contribution < 1.29 is 14.0 Å². The number of aromatic nitrogens is 6. The summed E-state index contributed by atoms with van der Waals surface area (Å²) in [7, 11) is 0. The molecule has 0 spiro atoms. The molecule has 8 rings (SSSR count). The number of anilines is 2. The van der Waals surface area contributed by atoms with Crippen LogP contribution in [-0.2, 0) is 17.6 Å². The molecule has 1 aliphatic carbocycles. The zero-order chi connectivity index (χ0) is 32.2. The number of benzene rings is 2. The van der Waals surface area contributed by atoms with Crippen LogP contribution in [0.2, 0.25) is 0 Å². The van der Waals surface area contributed by atoms with E-state index in [0.717, 1.165) is 35.2 Å². The molecule has 2 amide bonds. The molecule has 5 heterocycles. The summed E-state index contributed by atoms with van der Waals surface area (Å²) in [6, 6.07) is 20.4. The molecule has 0 unspecified atom stereocenters. The maximum Gasteiger partial charge on any atom is 0.286 e. The van der Waals surface area contributed by atoms with Gasteiger partial charge < -0.3 is 16.0 Å². The van der Waals surface area contributed by atoms with E-state index in [2.05, 4.69) is 28.0 Å². The Morgan fingerprint density at radius 2 is 1.89 bits per heavy atom. The SMILES string of the molecule is C=C(F)C(=O)N1CCc2c(C(=O)N[C@H]3CCc4cc(-n5c(-c6cccnc6N)nc6ccc(-n7cccn7)nc65)ccc43)cccc21. The molecule has 2 aromatic carbocycles. The lowest BCUT2D eigenvalue weighted by atomic mass is 10.0. The maximum absolute atomic E-state index is 13.6. The van der Waals surface area contributed by atoms with Crippen LogP contribution in [0, 0.1) is 0 Å². The Morgan fingerprint density at radius 1 is 1.00 bits per heavy atom. The number of rotatable bonds is 6. The van der Waals surface area contributed by atoms with E-state index < -0.39 is 11.7 Å². The van der Waals surface area contributed by atoms with Gasteiger partial charge in [-0.25, -0.2) is 24.0 Å². The van der Waals surface area contributed by atoms with Crippen LogP contribution in [-0.4, -0.2) is 47.7 Å². The van der Waals surface area contributed by atoms with Crippen molar-refractivity contribution in [1.29, 1.82) is 0 Å². The number of fused-ring (bicyclic) bond motifs is 3. The first kappa shape index (κ1) is 28.3. The fourth-order valence-electron chi connectivity index (χ4n) is 6.64. The van der Waals surface area contributed by atoms with Gasteiger partial charge >= 0.3 is 0 Å². The number of imidazole rings is 1.